The number of thioether (sulfide) groups is 1. The Labute approximate surface area is 98.9 Å². The van der Waals surface area contributed by atoms with Gasteiger partial charge in [0.2, 0.25) is 5.91 Å². The standard InChI is InChI=1S/C10H17NO4S/c1-7(12)11-9(10(13)14)6-16-5-8-2-3-15-4-8/h8-9H,2-6H2,1H3,(H,11,12)(H,13,14)/t8?,9-/m0/s1. The largest absolute Gasteiger partial charge is 0.480 e. The van der Waals surface area contributed by atoms with Crippen molar-refractivity contribution in [2.24, 2.45) is 5.92 Å². The zero-order valence-electron chi connectivity index (χ0n) is 9.27. The minimum atomic E-state index is -0.981. The van der Waals surface area contributed by atoms with Gasteiger partial charge in [-0.05, 0) is 18.1 Å². The van der Waals surface area contributed by atoms with Crippen LogP contribution in [-0.2, 0) is 14.3 Å². The average Bonchev–Trinajstić information content (AvgIpc) is 2.68. The predicted octanol–water partition coefficient (Wildman–Crippen LogP) is 0.345. The molecule has 1 fully saturated rings. The molecule has 1 aliphatic heterocycles. The summed E-state index contributed by atoms with van der Waals surface area (Å²) in [6.07, 6.45) is 1.05. The van der Waals surface area contributed by atoms with Crippen LogP contribution in [0.3, 0.4) is 0 Å². The maximum absolute atomic E-state index is 10.8. The Kier molecular flexibility index (Phi) is 5.62. The number of rotatable bonds is 6. The summed E-state index contributed by atoms with van der Waals surface area (Å²) < 4.78 is 5.23. The zero-order valence-corrected chi connectivity index (χ0v) is 10.1. The van der Waals surface area contributed by atoms with E-state index >= 15 is 0 Å². The third kappa shape index (κ3) is 4.85. The summed E-state index contributed by atoms with van der Waals surface area (Å²) in [6.45, 7) is 2.90. The lowest BCUT2D eigenvalue weighted by atomic mass is 10.2. The molecule has 0 aliphatic carbocycles. The number of aliphatic carboxylic acids is 1. The molecular formula is C10H17NO4S. The first kappa shape index (κ1) is 13.3. The van der Waals surface area contributed by atoms with Crippen LogP contribution >= 0.6 is 11.8 Å². The molecule has 1 heterocycles. The van der Waals surface area contributed by atoms with Crippen molar-refractivity contribution >= 4 is 23.6 Å². The summed E-state index contributed by atoms with van der Waals surface area (Å²) in [5, 5.41) is 11.3. The number of carbonyl (C=O) groups is 2. The number of carboxylic acids is 1. The molecular weight excluding hydrogens is 230 g/mol. The second-order valence-corrected chi connectivity index (χ2v) is 4.93. The van der Waals surface area contributed by atoms with Gasteiger partial charge < -0.3 is 15.2 Å². The molecule has 1 saturated heterocycles. The third-order valence-corrected chi connectivity index (χ3v) is 3.61. The highest BCUT2D eigenvalue weighted by molar-refractivity contribution is 7.99. The smallest absolute Gasteiger partial charge is 0.327 e. The molecule has 5 nitrogen and oxygen atoms in total. The molecule has 16 heavy (non-hydrogen) atoms. The van der Waals surface area contributed by atoms with Gasteiger partial charge in [-0.15, -0.1) is 0 Å². The van der Waals surface area contributed by atoms with Crippen LogP contribution < -0.4 is 5.32 Å². The van der Waals surface area contributed by atoms with Crippen molar-refractivity contribution in [2.75, 3.05) is 24.7 Å². The molecule has 6 heteroatoms. The minimum Gasteiger partial charge on any atom is -0.480 e. The van der Waals surface area contributed by atoms with Gasteiger partial charge >= 0.3 is 5.97 Å². The lowest BCUT2D eigenvalue weighted by Gasteiger charge is -2.13. The fourth-order valence-electron chi connectivity index (χ4n) is 1.49. The number of hydrogen-bond donors (Lipinski definition) is 2. The van der Waals surface area contributed by atoms with Gasteiger partial charge in [0.1, 0.15) is 6.04 Å². The number of amides is 1. The number of carboxylic acid groups (broad SMARTS) is 1. The van der Waals surface area contributed by atoms with Gasteiger partial charge in [-0.25, -0.2) is 4.79 Å². The van der Waals surface area contributed by atoms with E-state index in [9.17, 15) is 9.59 Å². The first-order valence-corrected chi connectivity index (χ1v) is 6.40. The molecule has 1 unspecified atom stereocenters. The first-order chi connectivity index (χ1) is 7.59. The lowest BCUT2D eigenvalue weighted by molar-refractivity contribution is -0.140. The van der Waals surface area contributed by atoms with E-state index in [2.05, 4.69) is 5.32 Å². The summed E-state index contributed by atoms with van der Waals surface area (Å²) in [5.74, 6) is 0.536. The Morgan fingerprint density at radius 3 is 2.88 bits per heavy atom. The Bertz CT molecular complexity index is 253. The second kappa shape index (κ2) is 6.75. The van der Waals surface area contributed by atoms with Crippen LogP contribution in [0.15, 0.2) is 0 Å². The molecule has 1 aliphatic rings. The van der Waals surface area contributed by atoms with Crippen molar-refractivity contribution in [3.63, 3.8) is 0 Å². The van der Waals surface area contributed by atoms with Crippen molar-refractivity contribution < 1.29 is 19.4 Å². The maximum atomic E-state index is 10.8. The van der Waals surface area contributed by atoms with Crippen molar-refractivity contribution in [1.82, 2.24) is 5.32 Å². The second-order valence-electron chi connectivity index (χ2n) is 3.86. The molecule has 2 N–H and O–H groups in total. The summed E-state index contributed by atoms with van der Waals surface area (Å²) in [6, 6.07) is -0.787. The number of ether oxygens (including phenoxy) is 1. The van der Waals surface area contributed by atoms with Crippen LogP contribution in [0.1, 0.15) is 13.3 Å². The first-order valence-electron chi connectivity index (χ1n) is 5.25. The molecule has 0 aromatic heterocycles. The van der Waals surface area contributed by atoms with Gasteiger partial charge in [0.25, 0.3) is 0 Å². The van der Waals surface area contributed by atoms with E-state index in [-0.39, 0.29) is 5.91 Å². The number of hydrogen-bond acceptors (Lipinski definition) is 4. The van der Waals surface area contributed by atoms with Crippen molar-refractivity contribution in [1.29, 1.82) is 0 Å². The fraction of sp³-hybridized carbons (Fsp3) is 0.800. The van der Waals surface area contributed by atoms with Crippen LogP contribution in [-0.4, -0.2) is 47.7 Å². The highest BCUT2D eigenvalue weighted by Gasteiger charge is 2.20. The normalized spacial score (nSPS) is 21.7. The Morgan fingerprint density at radius 1 is 1.62 bits per heavy atom. The molecule has 0 radical (unpaired) electrons. The fourth-order valence-corrected chi connectivity index (χ4v) is 2.68. The average molecular weight is 247 g/mol. The number of carbonyl (C=O) groups excluding carboxylic acids is 1. The molecule has 0 saturated carbocycles. The predicted molar refractivity (Wildman–Crippen MR) is 61.5 cm³/mol. The summed E-state index contributed by atoms with van der Waals surface area (Å²) in [5.41, 5.74) is 0. The van der Waals surface area contributed by atoms with Crippen LogP contribution in [0.2, 0.25) is 0 Å². The summed E-state index contributed by atoms with van der Waals surface area (Å²) in [7, 11) is 0. The van der Waals surface area contributed by atoms with Gasteiger partial charge in [-0.1, -0.05) is 0 Å². The van der Waals surface area contributed by atoms with E-state index in [1.54, 1.807) is 11.8 Å². The number of nitrogens with one attached hydrogen (secondary N) is 1. The van der Waals surface area contributed by atoms with Crippen LogP contribution in [0.25, 0.3) is 0 Å². The van der Waals surface area contributed by atoms with Gasteiger partial charge in [-0.2, -0.15) is 11.8 Å². The van der Waals surface area contributed by atoms with Crippen molar-refractivity contribution in [3.05, 3.63) is 0 Å². The van der Waals surface area contributed by atoms with Gasteiger partial charge in [0, 0.05) is 19.3 Å². The molecule has 0 bridgehead atoms. The molecule has 1 amide bonds. The van der Waals surface area contributed by atoms with Crippen molar-refractivity contribution in [2.45, 2.75) is 19.4 Å². The Morgan fingerprint density at radius 2 is 2.38 bits per heavy atom. The Hall–Kier alpha value is -0.750. The SMILES string of the molecule is CC(=O)N[C@@H](CSCC1CCOC1)C(=O)O. The molecule has 0 spiro atoms. The topological polar surface area (TPSA) is 75.6 Å². The highest BCUT2D eigenvalue weighted by Crippen LogP contribution is 2.18. The van der Waals surface area contributed by atoms with E-state index < -0.39 is 12.0 Å². The quantitative estimate of drug-likeness (QED) is 0.708. The van der Waals surface area contributed by atoms with E-state index in [4.69, 9.17) is 9.84 Å². The van der Waals surface area contributed by atoms with Crippen LogP contribution in [0.5, 0.6) is 0 Å². The van der Waals surface area contributed by atoms with E-state index in [0.29, 0.717) is 11.7 Å². The molecule has 1 rings (SSSR count). The molecule has 0 aromatic rings. The van der Waals surface area contributed by atoms with Crippen molar-refractivity contribution in [3.8, 4) is 0 Å². The van der Waals surface area contributed by atoms with Gasteiger partial charge in [0.05, 0.1) is 6.61 Å². The van der Waals surface area contributed by atoms with Gasteiger partial charge in [0.15, 0.2) is 0 Å². The zero-order chi connectivity index (χ0) is 12.0. The van der Waals surface area contributed by atoms with E-state index in [1.165, 1.54) is 6.92 Å². The highest BCUT2D eigenvalue weighted by atomic mass is 32.2. The minimum absolute atomic E-state index is 0.308. The Balaban J connectivity index is 2.21. The lowest BCUT2D eigenvalue weighted by Crippen LogP contribution is -2.41. The summed E-state index contributed by atoms with van der Waals surface area (Å²) in [4.78, 5) is 21.6. The third-order valence-electron chi connectivity index (χ3n) is 2.34. The summed E-state index contributed by atoms with van der Waals surface area (Å²) >= 11 is 1.55. The monoisotopic (exact) mass is 247 g/mol. The molecule has 92 valence electrons. The van der Waals surface area contributed by atoms with E-state index in [0.717, 1.165) is 25.4 Å². The van der Waals surface area contributed by atoms with Gasteiger partial charge in [-0.3, -0.25) is 4.79 Å². The maximum Gasteiger partial charge on any atom is 0.327 e. The van der Waals surface area contributed by atoms with E-state index in [1.807, 2.05) is 0 Å². The molecule has 2 atom stereocenters. The molecule has 0 aromatic carbocycles. The van der Waals surface area contributed by atoms with Crippen LogP contribution in [0, 0.1) is 5.92 Å². The van der Waals surface area contributed by atoms with Crippen LogP contribution in [0.4, 0.5) is 0 Å².